The molecule has 256 valence electrons. The van der Waals surface area contributed by atoms with Crippen molar-refractivity contribution in [2.45, 2.75) is 36.4 Å². The van der Waals surface area contributed by atoms with Crippen molar-refractivity contribution < 1.29 is 75.4 Å². The zero-order valence-corrected chi connectivity index (χ0v) is 26.3. The Labute approximate surface area is 263 Å². The number of H-pyrrole nitrogens is 1. The van der Waals surface area contributed by atoms with E-state index in [2.05, 4.69) is 44.0 Å². The van der Waals surface area contributed by atoms with Gasteiger partial charge in [-0.2, -0.15) is 8.62 Å². The van der Waals surface area contributed by atoms with E-state index in [1.165, 1.54) is 0 Å². The number of halogens is 1. The fourth-order valence-electron chi connectivity index (χ4n) is 4.77. The predicted molar refractivity (Wildman–Crippen MR) is 143 cm³/mol. The number of rotatable bonds is 11. The van der Waals surface area contributed by atoms with Crippen LogP contribution < -0.4 is 5.56 Å². The second-order valence-electron chi connectivity index (χ2n) is 9.28. The molecule has 3 aliphatic rings. The smallest absolute Gasteiger partial charge is 0.347 e. The quantitative estimate of drug-likeness (QED) is 0.0834. The summed E-state index contributed by atoms with van der Waals surface area (Å²) in [6.45, 7) is -1.24. The Kier molecular flexibility index (Phi) is 9.00. The molecular formula is C16H15BrN7O20P3. The number of nitro groups is 3. The van der Waals surface area contributed by atoms with Crippen LogP contribution in [0.2, 0.25) is 0 Å². The van der Waals surface area contributed by atoms with Gasteiger partial charge in [0.05, 0.1) is 34.9 Å². The molecule has 2 aliphatic heterocycles. The lowest BCUT2D eigenvalue weighted by Crippen LogP contribution is -2.47. The van der Waals surface area contributed by atoms with Crippen molar-refractivity contribution in [1.82, 2.24) is 19.5 Å². The SMILES string of the molecule is O=c1[nH]cnc2c1nc(Br)n2C1OC(COP(=O)(O)OP(=O)(O)OP(=O)(O)O)C2OC3(OC21)C([N+](=O)[O-])=CC([N+](=O)[O-])C=C3[N+](=O)[O-]. The summed E-state index contributed by atoms with van der Waals surface area (Å²) < 4.78 is 65.0. The molecule has 2 fully saturated rings. The Morgan fingerprint density at radius 1 is 1.00 bits per heavy atom. The number of fused-ring (bicyclic) bond motifs is 2. The number of hydrogen-bond donors (Lipinski definition) is 5. The molecule has 0 radical (unpaired) electrons. The number of ether oxygens (including phenoxy) is 3. The molecule has 4 heterocycles. The van der Waals surface area contributed by atoms with Crippen LogP contribution in [0, 0.1) is 30.3 Å². The van der Waals surface area contributed by atoms with Crippen molar-refractivity contribution in [3.8, 4) is 0 Å². The van der Waals surface area contributed by atoms with Gasteiger partial charge in [0.15, 0.2) is 22.1 Å². The van der Waals surface area contributed by atoms with E-state index in [0.29, 0.717) is 12.2 Å². The normalized spacial score (nSPS) is 29.9. The molecule has 6 atom stereocenters. The van der Waals surface area contributed by atoms with E-state index in [4.69, 9.17) is 24.0 Å². The Morgan fingerprint density at radius 2 is 1.60 bits per heavy atom. The lowest BCUT2D eigenvalue weighted by Gasteiger charge is -2.28. The summed E-state index contributed by atoms with van der Waals surface area (Å²) in [5.74, 6) is -3.08. The predicted octanol–water partition coefficient (Wildman–Crippen LogP) is -0.417. The molecule has 2 aromatic heterocycles. The van der Waals surface area contributed by atoms with Gasteiger partial charge in [0.25, 0.3) is 11.6 Å². The van der Waals surface area contributed by atoms with Crippen LogP contribution in [0.4, 0.5) is 0 Å². The van der Waals surface area contributed by atoms with E-state index in [1.807, 2.05) is 0 Å². The van der Waals surface area contributed by atoms with Crippen molar-refractivity contribution in [2.24, 2.45) is 0 Å². The van der Waals surface area contributed by atoms with Crippen LogP contribution in [-0.2, 0) is 41.1 Å². The van der Waals surface area contributed by atoms with Gasteiger partial charge in [-0.25, -0.2) is 23.7 Å². The van der Waals surface area contributed by atoms with Crippen LogP contribution in [0.25, 0.3) is 11.2 Å². The number of aromatic nitrogens is 4. The van der Waals surface area contributed by atoms with E-state index in [9.17, 15) is 58.6 Å². The van der Waals surface area contributed by atoms with Crippen LogP contribution in [0.15, 0.2) is 39.4 Å². The fourth-order valence-corrected chi connectivity index (χ4v) is 8.34. The van der Waals surface area contributed by atoms with Gasteiger partial charge in [0.1, 0.15) is 18.3 Å². The van der Waals surface area contributed by atoms with Gasteiger partial charge < -0.3 is 38.8 Å². The molecule has 47 heavy (non-hydrogen) atoms. The molecule has 0 saturated carbocycles. The minimum absolute atomic E-state index is 0.203. The summed E-state index contributed by atoms with van der Waals surface area (Å²) in [5, 5.41) is 35.6. The van der Waals surface area contributed by atoms with Crippen LogP contribution in [0.3, 0.4) is 0 Å². The molecule has 1 spiro atoms. The van der Waals surface area contributed by atoms with Crippen molar-refractivity contribution >= 4 is 50.6 Å². The van der Waals surface area contributed by atoms with E-state index in [1.54, 1.807) is 0 Å². The highest BCUT2D eigenvalue weighted by atomic mass is 79.9. The zero-order chi connectivity index (χ0) is 34.9. The second kappa shape index (κ2) is 12.0. The second-order valence-corrected chi connectivity index (χ2v) is 14.4. The van der Waals surface area contributed by atoms with E-state index < -0.39 is 98.2 Å². The van der Waals surface area contributed by atoms with Crippen LogP contribution >= 0.6 is 39.4 Å². The minimum Gasteiger partial charge on any atom is -0.347 e. The van der Waals surface area contributed by atoms with Crippen LogP contribution in [0.1, 0.15) is 6.23 Å². The maximum absolute atomic E-state index is 12.4. The van der Waals surface area contributed by atoms with Crippen molar-refractivity contribution in [2.75, 3.05) is 6.61 Å². The van der Waals surface area contributed by atoms with Gasteiger partial charge in [-0.15, -0.1) is 0 Å². The molecule has 6 unspecified atom stereocenters. The largest absolute Gasteiger partial charge is 0.490 e. The van der Waals surface area contributed by atoms with Crippen molar-refractivity contribution in [3.63, 3.8) is 0 Å². The molecule has 5 N–H and O–H groups in total. The minimum atomic E-state index is -5.97. The van der Waals surface area contributed by atoms with Gasteiger partial charge in [-0.3, -0.25) is 44.2 Å². The number of phosphoric ester groups is 1. The number of imidazole rings is 1. The average Bonchev–Trinajstić information content (AvgIpc) is 3.55. The molecule has 5 rings (SSSR count). The fraction of sp³-hybridized carbons (Fsp3) is 0.438. The highest BCUT2D eigenvalue weighted by molar-refractivity contribution is 9.10. The maximum Gasteiger partial charge on any atom is 0.490 e. The van der Waals surface area contributed by atoms with E-state index in [-0.39, 0.29) is 15.9 Å². The first kappa shape index (κ1) is 35.1. The number of nitrogens with zero attached hydrogens (tertiary/aromatic N) is 6. The first-order valence-corrected chi connectivity index (χ1v) is 17.2. The lowest BCUT2D eigenvalue weighted by atomic mass is 9.99. The average molecular weight is 798 g/mol. The number of aromatic amines is 1. The third-order valence-corrected chi connectivity index (χ3v) is 10.7. The Morgan fingerprint density at radius 3 is 2.15 bits per heavy atom. The lowest BCUT2D eigenvalue weighted by molar-refractivity contribution is -0.522. The topological polar surface area (TPSA) is 380 Å². The van der Waals surface area contributed by atoms with E-state index >= 15 is 0 Å². The Bertz CT molecular complexity index is 1920. The van der Waals surface area contributed by atoms with Gasteiger partial charge in [-0.05, 0) is 15.9 Å². The maximum atomic E-state index is 12.4. The summed E-state index contributed by atoms with van der Waals surface area (Å²) in [6.07, 6.45) is -5.24. The summed E-state index contributed by atoms with van der Waals surface area (Å²) in [5.41, 5.74) is -3.90. The molecule has 31 heteroatoms. The van der Waals surface area contributed by atoms with Gasteiger partial charge in [-0.1, -0.05) is 0 Å². The first-order valence-electron chi connectivity index (χ1n) is 11.9. The number of nitrogens with one attached hydrogen (secondary N) is 1. The van der Waals surface area contributed by atoms with Crippen LogP contribution in [0.5, 0.6) is 0 Å². The van der Waals surface area contributed by atoms with Crippen molar-refractivity contribution in [3.05, 3.63) is 75.3 Å². The molecule has 0 bridgehead atoms. The zero-order valence-electron chi connectivity index (χ0n) is 22.0. The van der Waals surface area contributed by atoms with E-state index in [0.717, 1.165) is 10.9 Å². The monoisotopic (exact) mass is 797 g/mol. The van der Waals surface area contributed by atoms with Gasteiger partial charge in [0, 0.05) is 4.92 Å². The molecule has 0 aromatic carbocycles. The Balaban J connectivity index is 1.56. The first-order chi connectivity index (χ1) is 21.6. The molecule has 27 nitrogen and oxygen atoms in total. The summed E-state index contributed by atoms with van der Waals surface area (Å²) in [7, 11) is -17.5. The van der Waals surface area contributed by atoms with Crippen LogP contribution in [-0.4, -0.2) is 90.6 Å². The molecule has 2 aromatic rings. The summed E-state index contributed by atoms with van der Waals surface area (Å²) in [4.78, 5) is 91.4. The molecule has 0 amide bonds. The molecular weight excluding hydrogens is 783 g/mol. The molecule has 1 aliphatic carbocycles. The molecule has 2 saturated heterocycles. The standard InChI is InChI=1S/C16H15BrN7O20P3/c17-15-20-9-12(18-4-19-13(9)25)21(15)14-11-10(6(40-14)3-39-46(35,36)44-47(37,38)43-45(32,33)34)41-16(42-11)7(23(28)29)1-5(22(26)27)2-8(16)24(30)31/h1-2,4-6,10-11,14H,3H2,(H,35,36)(H,37,38)(H,18,19,25)(H2,32,33,34). The summed E-state index contributed by atoms with van der Waals surface area (Å²) in [6, 6.07) is -2.08. The van der Waals surface area contributed by atoms with Crippen molar-refractivity contribution in [1.29, 1.82) is 0 Å². The summed E-state index contributed by atoms with van der Waals surface area (Å²) >= 11 is 3.08. The van der Waals surface area contributed by atoms with Gasteiger partial charge >= 0.3 is 40.6 Å². The Hall–Kier alpha value is -3.20. The number of phosphoric acid groups is 3. The van der Waals surface area contributed by atoms with Gasteiger partial charge in [0.2, 0.25) is 0 Å². The number of hydrogen-bond acceptors (Lipinski definition) is 18. The third-order valence-electron chi connectivity index (χ3n) is 6.37. The highest BCUT2D eigenvalue weighted by Gasteiger charge is 2.71. The third kappa shape index (κ3) is 6.74. The highest BCUT2D eigenvalue weighted by Crippen LogP contribution is 2.66.